The van der Waals surface area contributed by atoms with Crippen molar-refractivity contribution in [1.29, 1.82) is 0 Å². The molecule has 142 valence electrons. The minimum Gasteiger partial charge on any atom is -0.474 e. The Morgan fingerprint density at radius 3 is 2.74 bits per heavy atom. The number of carbonyl (C=O) groups is 2. The number of rotatable bonds is 6. The van der Waals surface area contributed by atoms with Crippen LogP contribution in [-0.2, 0) is 22.4 Å². The molecule has 9 heteroatoms. The molecule has 0 saturated carbocycles. The van der Waals surface area contributed by atoms with Gasteiger partial charge in [-0.25, -0.2) is 4.79 Å². The fourth-order valence-electron chi connectivity index (χ4n) is 2.98. The van der Waals surface area contributed by atoms with E-state index in [1.165, 1.54) is 43.6 Å². The Bertz CT molecular complexity index is 907. The van der Waals surface area contributed by atoms with Crippen molar-refractivity contribution in [2.45, 2.75) is 32.3 Å². The summed E-state index contributed by atoms with van der Waals surface area (Å²) in [5.41, 5.74) is 1.10. The number of nitro groups is 1. The first kappa shape index (κ1) is 18.8. The van der Waals surface area contributed by atoms with Crippen molar-refractivity contribution in [1.82, 2.24) is 0 Å². The number of nitro benzene ring substituents is 1. The first-order valence-electron chi connectivity index (χ1n) is 8.36. The maximum atomic E-state index is 12.5. The molecule has 1 unspecified atom stereocenters. The van der Waals surface area contributed by atoms with Crippen LogP contribution in [0, 0.1) is 10.1 Å². The summed E-state index contributed by atoms with van der Waals surface area (Å²) in [5.74, 6) is -0.984. The van der Waals surface area contributed by atoms with Crippen molar-refractivity contribution in [3.63, 3.8) is 0 Å². The number of anilines is 1. The summed E-state index contributed by atoms with van der Waals surface area (Å²) in [5, 5.41) is 14.2. The van der Waals surface area contributed by atoms with Gasteiger partial charge in [0.1, 0.15) is 5.00 Å². The van der Waals surface area contributed by atoms with Crippen LogP contribution in [0.4, 0.5) is 10.7 Å². The molecule has 1 aromatic carbocycles. The van der Waals surface area contributed by atoms with E-state index in [2.05, 4.69) is 5.32 Å². The molecule has 8 nitrogen and oxygen atoms in total. The third-order valence-electron chi connectivity index (χ3n) is 4.28. The second kappa shape index (κ2) is 7.75. The number of nitrogens with one attached hydrogen (secondary N) is 1. The van der Waals surface area contributed by atoms with Crippen molar-refractivity contribution in [3.8, 4) is 5.75 Å². The number of hydrogen-bond acceptors (Lipinski definition) is 7. The molecule has 1 amide bonds. The molecule has 2 aromatic rings. The van der Waals surface area contributed by atoms with Crippen LogP contribution in [0.5, 0.6) is 5.75 Å². The molecular formula is C18H18N2O6S. The second-order valence-corrected chi connectivity index (χ2v) is 7.13. The lowest BCUT2D eigenvalue weighted by Gasteiger charge is -2.15. The average molecular weight is 390 g/mol. The van der Waals surface area contributed by atoms with Gasteiger partial charge in [0.05, 0.1) is 17.6 Å². The van der Waals surface area contributed by atoms with E-state index < -0.39 is 22.9 Å². The van der Waals surface area contributed by atoms with Gasteiger partial charge in [-0.2, -0.15) is 0 Å². The second-order valence-electron chi connectivity index (χ2n) is 6.03. The Morgan fingerprint density at radius 2 is 2.04 bits per heavy atom. The normalized spacial score (nSPS) is 13.6. The first-order valence-corrected chi connectivity index (χ1v) is 9.17. The quantitative estimate of drug-likeness (QED) is 0.460. The van der Waals surface area contributed by atoms with Gasteiger partial charge >= 0.3 is 11.7 Å². The van der Waals surface area contributed by atoms with Crippen LogP contribution >= 0.6 is 11.3 Å². The molecule has 0 radical (unpaired) electrons. The number of amides is 1. The number of ether oxygens (including phenoxy) is 2. The molecule has 27 heavy (non-hydrogen) atoms. The molecule has 0 bridgehead atoms. The van der Waals surface area contributed by atoms with E-state index in [0.717, 1.165) is 29.7 Å². The van der Waals surface area contributed by atoms with E-state index in [1.54, 1.807) is 6.07 Å². The highest BCUT2D eigenvalue weighted by atomic mass is 32.1. The van der Waals surface area contributed by atoms with E-state index in [4.69, 9.17) is 9.47 Å². The van der Waals surface area contributed by atoms with Crippen LogP contribution in [0.3, 0.4) is 0 Å². The number of fused-ring (bicyclic) bond motifs is 1. The highest BCUT2D eigenvalue weighted by Crippen LogP contribution is 2.39. The molecule has 3 rings (SSSR count). The molecule has 0 spiro atoms. The van der Waals surface area contributed by atoms with Crippen molar-refractivity contribution in [2.24, 2.45) is 0 Å². The summed E-state index contributed by atoms with van der Waals surface area (Å²) in [6, 6.07) is 5.85. The van der Waals surface area contributed by atoms with Gasteiger partial charge in [0.15, 0.2) is 11.9 Å². The number of para-hydroxylation sites is 2. The smallest absolute Gasteiger partial charge is 0.341 e. The molecule has 1 atom stereocenters. The molecule has 0 aliphatic heterocycles. The monoisotopic (exact) mass is 390 g/mol. The lowest BCUT2D eigenvalue weighted by molar-refractivity contribution is -0.386. The predicted octanol–water partition coefficient (Wildman–Crippen LogP) is 3.34. The van der Waals surface area contributed by atoms with Gasteiger partial charge in [-0.05, 0) is 37.8 Å². The number of benzene rings is 1. The summed E-state index contributed by atoms with van der Waals surface area (Å²) >= 11 is 1.36. The van der Waals surface area contributed by atoms with E-state index in [0.29, 0.717) is 10.6 Å². The van der Waals surface area contributed by atoms with Crippen molar-refractivity contribution in [3.05, 3.63) is 50.4 Å². The van der Waals surface area contributed by atoms with Gasteiger partial charge in [-0.1, -0.05) is 12.1 Å². The lowest BCUT2D eigenvalue weighted by atomic mass is 10.1. The van der Waals surface area contributed by atoms with Crippen LogP contribution < -0.4 is 10.1 Å². The number of hydrogen-bond donors (Lipinski definition) is 1. The lowest BCUT2D eigenvalue weighted by Crippen LogP contribution is -2.30. The topological polar surface area (TPSA) is 108 Å². The van der Waals surface area contributed by atoms with Crippen molar-refractivity contribution < 1.29 is 24.0 Å². The summed E-state index contributed by atoms with van der Waals surface area (Å²) in [7, 11) is 1.30. The zero-order valence-corrected chi connectivity index (χ0v) is 15.6. The Balaban J connectivity index is 1.78. The van der Waals surface area contributed by atoms with Crippen LogP contribution in [0.1, 0.15) is 34.1 Å². The standard InChI is InChI=1S/C18H18N2O6S/c1-10(26-13-8-4-3-7-12(13)20(23)24)16(21)19-17-15(18(22)25-2)11-6-5-9-14(11)27-17/h3-4,7-8,10H,5-6,9H2,1-2H3,(H,19,21). The van der Waals surface area contributed by atoms with Crippen molar-refractivity contribution in [2.75, 3.05) is 12.4 Å². The van der Waals surface area contributed by atoms with E-state index >= 15 is 0 Å². The molecule has 1 aliphatic carbocycles. The van der Waals surface area contributed by atoms with Gasteiger partial charge in [0.2, 0.25) is 0 Å². The van der Waals surface area contributed by atoms with Gasteiger partial charge in [0.25, 0.3) is 5.91 Å². The van der Waals surface area contributed by atoms with Crippen LogP contribution in [0.2, 0.25) is 0 Å². The van der Waals surface area contributed by atoms with E-state index in [9.17, 15) is 19.7 Å². The summed E-state index contributed by atoms with van der Waals surface area (Å²) in [4.78, 5) is 36.2. The maximum absolute atomic E-state index is 12.5. The number of aryl methyl sites for hydroxylation is 1. The maximum Gasteiger partial charge on any atom is 0.341 e. The number of thiophene rings is 1. The minimum absolute atomic E-state index is 0.00650. The third-order valence-corrected chi connectivity index (χ3v) is 5.49. The molecule has 1 aliphatic rings. The van der Waals surface area contributed by atoms with Gasteiger partial charge in [0, 0.05) is 10.9 Å². The molecule has 1 heterocycles. The molecule has 0 fully saturated rings. The van der Waals surface area contributed by atoms with Gasteiger partial charge < -0.3 is 14.8 Å². The SMILES string of the molecule is COC(=O)c1c(NC(=O)C(C)Oc2ccccc2[N+](=O)[O-])sc2c1CCC2. The van der Waals surface area contributed by atoms with E-state index in [1.807, 2.05) is 0 Å². The summed E-state index contributed by atoms with van der Waals surface area (Å²) in [6.07, 6.45) is 1.61. The van der Waals surface area contributed by atoms with Crippen LogP contribution in [-0.4, -0.2) is 30.0 Å². The molecular weight excluding hydrogens is 372 g/mol. The van der Waals surface area contributed by atoms with Crippen molar-refractivity contribution >= 4 is 33.9 Å². The predicted molar refractivity (Wildman–Crippen MR) is 99.5 cm³/mol. The number of methoxy groups -OCH3 is 1. The zero-order chi connectivity index (χ0) is 19.6. The highest BCUT2D eigenvalue weighted by Gasteiger charge is 2.29. The largest absolute Gasteiger partial charge is 0.474 e. The Kier molecular flexibility index (Phi) is 5.41. The highest BCUT2D eigenvalue weighted by molar-refractivity contribution is 7.17. The molecule has 1 aromatic heterocycles. The minimum atomic E-state index is -0.992. The third kappa shape index (κ3) is 3.77. The number of esters is 1. The first-order chi connectivity index (χ1) is 12.9. The van der Waals surface area contributed by atoms with E-state index in [-0.39, 0.29) is 11.4 Å². The van der Waals surface area contributed by atoms with Crippen LogP contribution in [0.15, 0.2) is 24.3 Å². The zero-order valence-electron chi connectivity index (χ0n) is 14.8. The van der Waals surface area contributed by atoms with Gasteiger partial charge in [-0.3, -0.25) is 14.9 Å². The van der Waals surface area contributed by atoms with Gasteiger partial charge in [-0.15, -0.1) is 11.3 Å². The Hall–Kier alpha value is -2.94. The fraction of sp³-hybridized carbons (Fsp3) is 0.333. The molecule has 0 saturated heterocycles. The Morgan fingerprint density at radius 1 is 1.30 bits per heavy atom. The molecule has 1 N–H and O–H groups in total. The number of carbonyl (C=O) groups excluding carboxylic acids is 2. The average Bonchev–Trinajstić information content (AvgIpc) is 3.22. The Labute approximate surface area is 159 Å². The number of nitrogens with zero attached hydrogens (tertiary/aromatic N) is 1. The summed E-state index contributed by atoms with van der Waals surface area (Å²) in [6.45, 7) is 1.49. The fourth-order valence-corrected chi connectivity index (χ4v) is 4.26. The summed E-state index contributed by atoms with van der Waals surface area (Å²) < 4.78 is 10.3. The van der Waals surface area contributed by atoms with Crippen LogP contribution in [0.25, 0.3) is 0 Å².